The van der Waals surface area contributed by atoms with Crippen LogP contribution in [0.3, 0.4) is 0 Å². The second-order valence-electron chi connectivity index (χ2n) is 6.55. The first kappa shape index (κ1) is 22.9. The first-order valence-corrected chi connectivity index (χ1v) is 12.6. The Kier molecular flexibility index (Phi) is 7.27. The van der Waals surface area contributed by atoms with Crippen molar-refractivity contribution in [2.24, 2.45) is 0 Å². The molecule has 30 heavy (non-hydrogen) atoms. The van der Waals surface area contributed by atoms with Gasteiger partial charge in [-0.05, 0) is 38.1 Å². The fourth-order valence-electron chi connectivity index (χ4n) is 3.38. The van der Waals surface area contributed by atoms with Crippen LogP contribution in [0.4, 0.5) is 0 Å². The Morgan fingerprint density at radius 3 is 1.33 bits per heavy atom. The lowest BCUT2D eigenvalue weighted by atomic mass is 10.3. The summed E-state index contributed by atoms with van der Waals surface area (Å²) >= 11 is 0. The molecule has 164 valence electrons. The molecule has 0 spiro atoms. The van der Waals surface area contributed by atoms with Gasteiger partial charge >= 0.3 is 0 Å². The quantitative estimate of drug-likeness (QED) is 0.607. The zero-order chi connectivity index (χ0) is 21.8. The number of ether oxygens (including phenoxy) is 2. The molecule has 0 amide bonds. The molecule has 1 aliphatic rings. The van der Waals surface area contributed by atoms with Crippen LogP contribution in [0.5, 0.6) is 0 Å². The zero-order valence-corrected chi connectivity index (χ0v) is 18.6. The predicted octanol–water partition coefficient (Wildman–Crippen LogP) is 2.11. The van der Waals surface area contributed by atoms with Crippen LogP contribution in [0.1, 0.15) is 13.8 Å². The van der Waals surface area contributed by atoms with Crippen LogP contribution >= 0.6 is 0 Å². The molecule has 0 aliphatic carbocycles. The molecule has 3 rings (SSSR count). The van der Waals surface area contributed by atoms with E-state index in [-0.39, 0.29) is 36.1 Å². The first-order valence-electron chi connectivity index (χ1n) is 9.71. The molecule has 1 fully saturated rings. The first-order chi connectivity index (χ1) is 14.3. The summed E-state index contributed by atoms with van der Waals surface area (Å²) in [6, 6.07) is 16.0. The summed E-state index contributed by atoms with van der Waals surface area (Å²) in [5, 5.41) is 0. The highest BCUT2D eigenvalue weighted by atomic mass is 32.2. The Balaban J connectivity index is 2.02. The van der Waals surface area contributed by atoms with Crippen LogP contribution < -0.4 is 0 Å². The van der Waals surface area contributed by atoms with Gasteiger partial charge in [0, 0.05) is 26.3 Å². The summed E-state index contributed by atoms with van der Waals surface area (Å²) in [4.78, 5) is 0.230. The number of hydrogen-bond acceptors (Lipinski definition) is 6. The fraction of sp³-hybridized carbons (Fsp3) is 0.400. The van der Waals surface area contributed by atoms with Gasteiger partial charge in [-0.15, -0.1) is 0 Å². The van der Waals surface area contributed by atoms with Gasteiger partial charge in [-0.3, -0.25) is 0 Å². The highest BCUT2D eigenvalue weighted by molar-refractivity contribution is 7.89. The maximum absolute atomic E-state index is 13.3. The third-order valence-corrected chi connectivity index (χ3v) is 8.48. The van der Waals surface area contributed by atoms with Crippen LogP contribution in [0.2, 0.25) is 0 Å². The van der Waals surface area contributed by atoms with E-state index in [0.717, 1.165) is 0 Å². The minimum atomic E-state index is -3.91. The minimum absolute atomic E-state index is 0.0580. The van der Waals surface area contributed by atoms with Crippen molar-refractivity contribution in [3.63, 3.8) is 0 Å². The SMILES string of the molecule is CCO[C@H]1[C@H](OCC)N(S(=O)(=O)c2ccccc2)CCN1S(=O)(=O)c1ccccc1. The molecule has 2 aromatic rings. The van der Waals surface area contributed by atoms with Crippen molar-refractivity contribution >= 4 is 20.0 Å². The largest absolute Gasteiger partial charge is 0.358 e. The topological polar surface area (TPSA) is 93.2 Å². The van der Waals surface area contributed by atoms with Crippen LogP contribution in [-0.2, 0) is 29.5 Å². The lowest BCUT2D eigenvalue weighted by Gasteiger charge is -2.44. The van der Waals surface area contributed by atoms with Crippen molar-refractivity contribution in [3.8, 4) is 0 Å². The van der Waals surface area contributed by atoms with Crippen LogP contribution in [-0.4, -0.2) is 64.2 Å². The number of sulfonamides is 2. The fourth-order valence-corrected chi connectivity index (χ4v) is 6.44. The highest BCUT2D eigenvalue weighted by Crippen LogP contribution is 2.30. The van der Waals surface area contributed by atoms with Crippen LogP contribution in [0.25, 0.3) is 0 Å². The molecule has 0 N–H and O–H groups in total. The summed E-state index contributed by atoms with van der Waals surface area (Å²) in [7, 11) is -7.82. The molecule has 1 aliphatic heterocycles. The molecule has 10 heteroatoms. The number of benzene rings is 2. The Morgan fingerprint density at radius 2 is 1.03 bits per heavy atom. The molecule has 0 saturated carbocycles. The maximum atomic E-state index is 13.3. The van der Waals surface area contributed by atoms with Crippen molar-refractivity contribution in [3.05, 3.63) is 60.7 Å². The standard InChI is InChI=1S/C20H26N2O6S2/c1-3-27-19-20(28-4-2)22(30(25,26)18-13-9-6-10-14-18)16-15-21(19)29(23,24)17-11-7-5-8-12-17/h5-14,19-20H,3-4,15-16H2,1-2H3/t19-,20-/m0/s1. The van der Waals surface area contributed by atoms with Gasteiger partial charge in [0.1, 0.15) is 0 Å². The second-order valence-corrected chi connectivity index (χ2v) is 10.3. The molecule has 2 atom stereocenters. The van der Waals surface area contributed by atoms with Gasteiger partial charge in [-0.2, -0.15) is 8.61 Å². The molecule has 0 bridgehead atoms. The van der Waals surface area contributed by atoms with E-state index in [0.29, 0.717) is 0 Å². The van der Waals surface area contributed by atoms with E-state index in [1.807, 2.05) is 0 Å². The van der Waals surface area contributed by atoms with Gasteiger partial charge in [-0.1, -0.05) is 36.4 Å². The van der Waals surface area contributed by atoms with E-state index in [9.17, 15) is 16.8 Å². The van der Waals surface area contributed by atoms with Crippen LogP contribution in [0.15, 0.2) is 70.5 Å². The Hall–Kier alpha value is -1.82. The molecule has 0 aromatic heterocycles. The van der Waals surface area contributed by atoms with E-state index < -0.39 is 32.5 Å². The van der Waals surface area contributed by atoms with Crippen molar-refractivity contribution in [2.75, 3.05) is 26.3 Å². The van der Waals surface area contributed by atoms with Crippen molar-refractivity contribution in [2.45, 2.75) is 36.1 Å². The molecule has 0 radical (unpaired) electrons. The molecule has 1 saturated heterocycles. The predicted molar refractivity (Wildman–Crippen MR) is 111 cm³/mol. The van der Waals surface area contributed by atoms with Crippen molar-refractivity contribution in [1.82, 2.24) is 8.61 Å². The molecule has 8 nitrogen and oxygen atoms in total. The van der Waals surface area contributed by atoms with Gasteiger partial charge in [0.15, 0.2) is 12.5 Å². The summed E-state index contributed by atoms with van der Waals surface area (Å²) in [5.74, 6) is 0. The highest BCUT2D eigenvalue weighted by Gasteiger charge is 2.48. The lowest BCUT2D eigenvalue weighted by molar-refractivity contribution is -0.173. The average Bonchev–Trinajstić information content (AvgIpc) is 2.76. The molecular formula is C20H26N2O6S2. The summed E-state index contributed by atoms with van der Waals surface area (Å²) in [6.45, 7) is 3.71. The van der Waals surface area contributed by atoms with E-state index >= 15 is 0 Å². The zero-order valence-electron chi connectivity index (χ0n) is 16.9. The Labute approximate surface area is 178 Å². The van der Waals surface area contributed by atoms with E-state index in [1.165, 1.54) is 32.9 Å². The van der Waals surface area contributed by atoms with Gasteiger partial charge in [-0.25, -0.2) is 16.8 Å². The number of nitrogens with zero attached hydrogens (tertiary/aromatic N) is 2. The Bertz CT molecular complexity index is 944. The van der Waals surface area contributed by atoms with Gasteiger partial charge in [0.25, 0.3) is 0 Å². The maximum Gasteiger partial charge on any atom is 0.245 e. The van der Waals surface area contributed by atoms with E-state index in [2.05, 4.69) is 0 Å². The number of piperazine rings is 1. The summed E-state index contributed by atoms with van der Waals surface area (Å²) in [5.41, 5.74) is 0. The summed E-state index contributed by atoms with van der Waals surface area (Å²) < 4.78 is 66.9. The minimum Gasteiger partial charge on any atom is -0.358 e. The number of rotatable bonds is 8. The third kappa shape index (κ3) is 4.43. The average molecular weight is 455 g/mol. The monoisotopic (exact) mass is 454 g/mol. The van der Waals surface area contributed by atoms with Gasteiger partial charge < -0.3 is 9.47 Å². The Morgan fingerprint density at radius 1 is 0.700 bits per heavy atom. The van der Waals surface area contributed by atoms with Gasteiger partial charge in [0.05, 0.1) is 9.79 Å². The van der Waals surface area contributed by atoms with E-state index in [1.54, 1.807) is 50.2 Å². The van der Waals surface area contributed by atoms with Crippen LogP contribution in [0, 0.1) is 0 Å². The summed E-state index contributed by atoms with van der Waals surface area (Å²) in [6.07, 6.45) is -2.24. The lowest BCUT2D eigenvalue weighted by Crippen LogP contribution is -2.63. The second kappa shape index (κ2) is 9.54. The smallest absolute Gasteiger partial charge is 0.245 e. The normalized spacial score (nSPS) is 21.5. The number of hydrogen-bond donors (Lipinski definition) is 0. The molecule has 2 aromatic carbocycles. The molecule has 0 unspecified atom stereocenters. The van der Waals surface area contributed by atoms with E-state index in [4.69, 9.17) is 9.47 Å². The van der Waals surface area contributed by atoms with Gasteiger partial charge in [0.2, 0.25) is 20.0 Å². The van der Waals surface area contributed by atoms with Crippen molar-refractivity contribution in [1.29, 1.82) is 0 Å². The molecular weight excluding hydrogens is 428 g/mol. The molecule has 1 heterocycles. The van der Waals surface area contributed by atoms with Crippen molar-refractivity contribution < 1.29 is 26.3 Å². The third-order valence-electron chi connectivity index (χ3n) is 4.73.